The number of anilines is 1. The maximum absolute atomic E-state index is 12.7. The Morgan fingerprint density at radius 2 is 1.90 bits per heavy atom. The molecule has 1 saturated carbocycles. The van der Waals surface area contributed by atoms with Gasteiger partial charge in [-0.15, -0.1) is 0 Å². The number of nitrogens with one attached hydrogen (secondary N) is 1. The highest BCUT2D eigenvalue weighted by Crippen LogP contribution is 2.42. The molecule has 1 aliphatic rings. The van der Waals surface area contributed by atoms with Crippen LogP contribution < -0.4 is 26.1 Å². The number of rotatable bonds is 7. The molecule has 1 aromatic heterocycles. The van der Waals surface area contributed by atoms with E-state index in [1.165, 1.54) is 13.2 Å². The lowest BCUT2D eigenvalue weighted by Gasteiger charge is -2.14. The average Bonchev–Trinajstić information content (AvgIpc) is 3.50. The molecule has 3 N–H and O–H groups in total. The summed E-state index contributed by atoms with van der Waals surface area (Å²) in [6.45, 7) is 4.46. The summed E-state index contributed by atoms with van der Waals surface area (Å²) in [5.41, 5.74) is 6.99. The molecule has 7 heteroatoms. The van der Waals surface area contributed by atoms with Gasteiger partial charge in [0.2, 0.25) is 5.75 Å². The molecule has 162 valence electrons. The third-order valence-corrected chi connectivity index (χ3v) is 5.35. The Morgan fingerprint density at radius 1 is 1.19 bits per heavy atom. The van der Waals surface area contributed by atoms with E-state index in [1.807, 2.05) is 26.0 Å². The Hall–Kier alpha value is -3.32. The standard InChI is InChI=1S/C24H26N2O5/c1-14(2)13-30-21-19(29-3)9-4-15-12-18(23(28)31-20(15)21)22(27)26-17-7-5-16(6-8-17)24(25)10-11-24/h4-9,12,14H,10-11,13,25H2,1-3H3,(H,26,27). The number of nitrogens with two attached hydrogens (primary N) is 1. The van der Waals surface area contributed by atoms with Crippen molar-refractivity contribution in [1.29, 1.82) is 0 Å². The summed E-state index contributed by atoms with van der Waals surface area (Å²) < 4.78 is 16.7. The first kappa shape index (κ1) is 20.9. The van der Waals surface area contributed by atoms with Crippen LogP contribution in [0.3, 0.4) is 0 Å². The smallest absolute Gasteiger partial charge is 0.349 e. The highest BCUT2D eigenvalue weighted by atomic mass is 16.5. The number of hydrogen-bond donors (Lipinski definition) is 2. The Balaban J connectivity index is 1.62. The van der Waals surface area contributed by atoms with Crippen molar-refractivity contribution in [1.82, 2.24) is 0 Å². The lowest BCUT2D eigenvalue weighted by atomic mass is 10.1. The van der Waals surface area contributed by atoms with Crippen LogP contribution in [-0.4, -0.2) is 19.6 Å². The summed E-state index contributed by atoms with van der Waals surface area (Å²) in [6.07, 6.45) is 1.93. The fourth-order valence-electron chi connectivity index (χ4n) is 3.35. The van der Waals surface area contributed by atoms with Crippen molar-refractivity contribution < 1.29 is 18.7 Å². The number of amides is 1. The van der Waals surface area contributed by atoms with Gasteiger partial charge in [0.1, 0.15) is 5.56 Å². The van der Waals surface area contributed by atoms with Gasteiger partial charge in [-0.3, -0.25) is 4.79 Å². The molecule has 1 heterocycles. The zero-order valence-corrected chi connectivity index (χ0v) is 17.9. The van der Waals surface area contributed by atoms with E-state index >= 15 is 0 Å². The Morgan fingerprint density at radius 3 is 2.52 bits per heavy atom. The van der Waals surface area contributed by atoms with E-state index in [4.69, 9.17) is 19.6 Å². The van der Waals surface area contributed by atoms with E-state index < -0.39 is 11.5 Å². The number of carbonyl (C=O) groups excluding carboxylic acids is 1. The monoisotopic (exact) mass is 422 g/mol. The first-order chi connectivity index (χ1) is 14.8. The molecule has 0 saturated heterocycles. The highest BCUT2D eigenvalue weighted by molar-refractivity contribution is 6.05. The zero-order valence-electron chi connectivity index (χ0n) is 17.9. The molecule has 1 aliphatic carbocycles. The second kappa shape index (κ2) is 8.07. The summed E-state index contributed by atoms with van der Waals surface area (Å²) in [5, 5.41) is 3.31. The van der Waals surface area contributed by atoms with Gasteiger partial charge in [-0.2, -0.15) is 0 Å². The van der Waals surface area contributed by atoms with Gasteiger partial charge in [0.15, 0.2) is 11.3 Å². The van der Waals surface area contributed by atoms with Crippen LogP contribution in [0, 0.1) is 5.92 Å². The fraction of sp³-hybridized carbons (Fsp3) is 0.333. The minimum Gasteiger partial charge on any atom is -0.493 e. The second-order valence-corrected chi connectivity index (χ2v) is 8.36. The first-order valence-electron chi connectivity index (χ1n) is 10.3. The van der Waals surface area contributed by atoms with Gasteiger partial charge >= 0.3 is 5.63 Å². The summed E-state index contributed by atoms with van der Waals surface area (Å²) in [7, 11) is 1.52. The van der Waals surface area contributed by atoms with Gasteiger partial charge in [0.25, 0.3) is 5.91 Å². The fourth-order valence-corrected chi connectivity index (χ4v) is 3.35. The summed E-state index contributed by atoms with van der Waals surface area (Å²) in [5.74, 6) is 0.543. The summed E-state index contributed by atoms with van der Waals surface area (Å²) >= 11 is 0. The van der Waals surface area contributed by atoms with Crippen molar-refractivity contribution in [3.05, 3.63) is 64.0 Å². The second-order valence-electron chi connectivity index (χ2n) is 8.36. The van der Waals surface area contributed by atoms with E-state index in [0.29, 0.717) is 29.2 Å². The molecule has 0 radical (unpaired) electrons. The third-order valence-electron chi connectivity index (χ3n) is 5.35. The number of ether oxygens (including phenoxy) is 2. The van der Waals surface area contributed by atoms with Gasteiger partial charge in [0.05, 0.1) is 13.7 Å². The van der Waals surface area contributed by atoms with Gasteiger partial charge < -0.3 is 24.9 Å². The molecule has 31 heavy (non-hydrogen) atoms. The van der Waals surface area contributed by atoms with E-state index in [9.17, 15) is 9.59 Å². The number of carbonyl (C=O) groups is 1. The predicted molar refractivity (Wildman–Crippen MR) is 119 cm³/mol. The van der Waals surface area contributed by atoms with Gasteiger partial charge in [-0.25, -0.2) is 4.79 Å². The van der Waals surface area contributed by atoms with E-state index in [-0.39, 0.29) is 22.6 Å². The number of methoxy groups -OCH3 is 1. The molecule has 4 rings (SSSR count). The van der Waals surface area contributed by atoms with Crippen LogP contribution >= 0.6 is 0 Å². The van der Waals surface area contributed by atoms with Crippen LogP contribution in [0.4, 0.5) is 5.69 Å². The SMILES string of the molecule is COc1ccc2cc(C(=O)Nc3ccc(C4(N)CC4)cc3)c(=O)oc2c1OCC(C)C. The number of fused-ring (bicyclic) bond motifs is 1. The van der Waals surface area contributed by atoms with Crippen molar-refractivity contribution in [2.24, 2.45) is 11.7 Å². The zero-order chi connectivity index (χ0) is 22.2. The molecular formula is C24H26N2O5. The van der Waals surface area contributed by atoms with Crippen LogP contribution in [0.2, 0.25) is 0 Å². The highest BCUT2D eigenvalue weighted by Gasteiger charge is 2.39. The quantitative estimate of drug-likeness (QED) is 0.557. The molecule has 7 nitrogen and oxygen atoms in total. The molecule has 2 aromatic carbocycles. The Labute approximate surface area is 180 Å². The molecule has 0 atom stereocenters. The Kier molecular flexibility index (Phi) is 5.45. The van der Waals surface area contributed by atoms with Crippen LogP contribution in [0.25, 0.3) is 11.0 Å². The van der Waals surface area contributed by atoms with Gasteiger partial charge in [0, 0.05) is 16.6 Å². The third kappa shape index (κ3) is 4.27. The minimum atomic E-state index is -0.747. The van der Waals surface area contributed by atoms with Crippen molar-refractivity contribution in [3.63, 3.8) is 0 Å². The lowest BCUT2D eigenvalue weighted by Crippen LogP contribution is -2.21. The number of hydrogen-bond acceptors (Lipinski definition) is 6. The molecule has 0 bridgehead atoms. The number of benzene rings is 2. The van der Waals surface area contributed by atoms with Crippen molar-refractivity contribution >= 4 is 22.6 Å². The molecule has 0 spiro atoms. The molecule has 0 unspecified atom stereocenters. The Bertz CT molecular complexity index is 1180. The summed E-state index contributed by atoms with van der Waals surface area (Å²) in [4.78, 5) is 25.4. The molecule has 1 fully saturated rings. The first-order valence-corrected chi connectivity index (χ1v) is 10.3. The van der Waals surface area contributed by atoms with Crippen molar-refractivity contribution in [2.75, 3.05) is 19.0 Å². The van der Waals surface area contributed by atoms with Crippen LogP contribution in [0.1, 0.15) is 42.6 Å². The normalized spacial score (nSPS) is 14.5. The lowest BCUT2D eigenvalue weighted by molar-refractivity contribution is 0.102. The van der Waals surface area contributed by atoms with E-state index in [2.05, 4.69) is 5.32 Å². The average molecular weight is 422 g/mol. The predicted octanol–water partition coefficient (Wildman–Crippen LogP) is 4.04. The molecule has 3 aromatic rings. The summed E-state index contributed by atoms with van der Waals surface area (Å²) in [6, 6.07) is 12.3. The van der Waals surface area contributed by atoms with Gasteiger partial charge in [-0.1, -0.05) is 26.0 Å². The van der Waals surface area contributed by atoms with Crippen molar-refractivity contribution in [3.8, 4) is 11.5 Å². The van der Waals surface area contributed by atoms with Crippen LogP contribution in [-0.2, 0) is 5.54 Å². The molecule has 1 amide bonds. The van der Waals surface area contributed by atoms with Crippen LogP contribution in [0.5, 0.6) is 11.5 Å². The largest absolute Gasteiger partial charge is 0.493 e. The van der Waals surface area contributed by atoms with E-state index in [0.717, 1.165) is 18.4 Å². The maximum atomic E-state index is 12.7. The maximum Gasteiger partial charge on any atom is 0.349 e. The topological polar surface area (TPSA) is 104 Å². The van der Waals surface area contributed by atoms with Crippen molar-refractivity contribution in [2.45, 2.75) is 32.2 Å². The van der Waals surface area contributed by atoms with Crippen LogP contribution in [0.15, 0.2) is 51.7 Å². The van der Waals surface area contributed by atoms with Gasteiger partial charge in [-0.05, 0) is 54.7 Å². The minimum absolute atomic E-state index is 0.0889. The van der Waals surface area contributed by atoms with E-state index in [1.54, 1.807) is 24.3 Å². The molecule has 0 aliphatic heterocycles. The molecular weight excluding hydrogens is 396 g/mol.